The lowest BCUT2D eigenvalue weighted by atomic mass is 10.0. The van der Waals surface area contributed by atoms with Crippen LogP contribution in [-0.4, -0.2) is 49.9 Å². The van der Waals surface area contributed by atoms with E-state index in [4.69, 9.17) is 0 Å². The lowest BCUT2D eigenvalue weighted by Gasteiger charge is -2.33. The van der Waals surface area contributed by atoms with Crippen LogP contribution in [0.5, 0.6) is 0 Å². The maximum atomic E-state index is 3.50. The molecule has 2 aliphatic rings. The first-order valence-corrected chi connectivity index (χ1v) is 7.72. The Morgan fingerprint density at radius 3 is 3.22 bits per heavy atom. The van der Waals surface area contributed by atoms with Gasteiger partial charge in [-0.3, -0.25) is 0 Å². The van der Waals surface area contributed by atoms with Crippen LogP contribution in [0.1, 0.15) is 5.56 Å². The van der Waals surface area contributed by atoms with E-state index >= 15 is 0 Å². The fourth-order valence-corrected chi connectivity index (χ4v) is 3.55. The van der Waals surface area contributed by atoms with Gasteiger partial charge in [0.05, 0.1) is 0 Å². The summed E-state index contributed by atoms with van der Waals surface area (Å²) >= 11 is 1.96. The lowest BCUT2D eigenvalue weighted by molar-refractivity contribution is 0.199. The van der Waals surface area contributed by atoms with Gasteiger partial charge in [0, 0.05) is 48.6 Å². The fraction of sp³-hybridized carbons (Fsp3) is 0.571. The molecule has 2 heterocycles. The summed E-state index contributed by atoms with van der Waals surface area (Å²) in [5.41, 5.74) is 2.78. The summed E-state index contributed by atoms with van der Waals surface area (Å²) < 4.78 is 0. The van der Waals surface area contributed by atoms with E-state index in [1.54, 1.807) is 0 Å². The van der Waals surface area contributed by atoms with Crippen LogP contribution in [0.2, 0.25) is 0 Å². The first-order chi connectivity index (χ1) is 8.83. The third kappa shape index (κ3) is 2.66. The highest BCUT2D eigenvalue weighted by atomic mass is 32.2. The zero-order valence-electron chi connectivity index (χ0n) is 10.9. The molecule has 1 saturated heterocycles. The number of hydrogen-bond donors (Lipinski definition) is 2. The number of nitrogens with one attached hydrogen (secondary N) is 2. The normalized spacial score (nSPS) is 24.4. The Hall–Kier alpha value is -0.710. The molecule has 1 aromatic carbocycles. The number of nitrogens with zero attached hydrogens (tertiary/aromatic N) is 1. The van der Waals surface area contributed by atoms with E-state index in [2.05, 4.69) is 40.8 Å². The molecule has 0 spiro atoms. The van der Waals surface area contributed by atoms with Gasteiger partial charge in [0.15, 0.2) is 0 Å². The van der Waals surface area contributed by atoms with E-state index in [9.17, 15) is 0 Å². The van der Waals surface area contributed by atoms with Crippen LogP contribution in [-0.2, 0) is 6.42 Å². The van der Waals surface area contributed by atoms with E-state index in [1.165, 1.54) is 21.9 Å². The summed E-state index contributed by atoms with van der Waals surface area (Å²) in [6.45, 7) is 4.47. The van der Waals surface area contributed by atoms with E-state index in [0.29, 0.717) is 6.04 Å². The van der Waals surface area contributed by atoms with Gasteiger partial charge in [0.2, 0.25) is 0 Å². The highest BCUT2D eigenvalue weighted by molar-refractivity contribution is 7.99. The minimum absolute atomic E-state index is 0.632. The number of rotatable bonds is 2. The zero-order chi connectivity index (χ0) is 12.4. The Bertz CT molecular complexity index is 422. The third-order valence-electron chi connectivity index (χ3n) is 3.83. The Morgan fingerprint density at radius 1 is 1.39 bits per heavy atom. The summed E-state index contributed by atoms with van der Waals surface area (Å²) in [4.78, 5) is 3.87. The average Bonchev–Trinajstić information content (AvgIpc) is 2.41. The van der Waals surface area contributed by atoms with Crippen molar-refractivity contribution in [3.05, 3.63) is 23.8 Å². The molecule has 98 valence electrons. The van der Waals surface area contributed by atoms with Crippen molar-refractivity contribution in [3.63, 3.8) is 0 Å². The van der Waals surface area contributed by atoms with Gasteiger partial charge in [-0.1, -0.05) is 6.07 Å². The molecule has 0 bridgehead atoms. The molecule has 2 aliphatic heterocycles. The summed E-state index contributed by atoms with van der Waals surface area (Å²) in [5.74, 6) is 1.18. The molecule has 3 rings (SSSR count). The third-order valence-corrected chi connectivity index (χ3v) is 4.91. The minimum atomic E-state index is 0.632. The van der Waals surface area contributed by atoms with Gasteiger partial charge in [0.1, 0.15) is 0 Å². The number of fused-ring (bicyclic) bond motifs is 1. The highest BCUT2D eigenvalue weighted by Gasteiger charge is 2.19. The molecule has 1 fully saturated rings. The number of piperazine rings is 1. The summed E-state index contributed by atoms with van der Waals surface area (Å²) in [5, 5.41) is 6.99. The molecule has 0 aromatic heterocycles. The Labute approximate surface area is 113 Å². The average molecular weight is 263 g/mol. The highest BCUT2D eigenvalue weighted by Crippen LogP contribution is 2.31. The van der Waals surface area contributed by atoms with Crippen LogP contribution in [0, 0.1) is 0 Å². The largest absolute Gasteiger partial charge is 0.383 e. The maximum absolute atomic E-state index is 3.50. The van der Waals surface area contributed by atoms with Gasteiger partial charge in [-0.15, -0.1) is 11.8 Å². The van der Waals surface area contributed by atoms with Gasteiger partial charge in [-0.05, 0) is 31.2 Å². The molecular weight excluding hydrogens is 242 g/mol. The molecule has 0 aliphatic carbocycles. The Kier molecular flexibility index (Phi) is 3.77. The Morgan fingerprint density at radius 2 is 2.33 bits per heavy atom. The van der Waals surface area contributed by atoms with E-state index in [0.717, 1.165) is 32.6 Å². The first-order valence-electron chi connectivity index (χ1n) is 6.73. The smallest absolute Gasteiger partial charge is 0.0481 e. The van der Waals surface area contributed by atoms with E-state index < -0.39 is 0 Å². The standard InChI is InChI=1S/C14H21N3S/c1-17-6-4-15-10-12(17)8-11-2-3-14-13(9-11)16-5-7-18-14/h2-3,9,12,15-16H,4-8,10H2,1H3. The molecular formula is C14H21N3S. The topological polar surface area (TPSA) is 27.3 Å². The molecule has 4 heteroatoms. The van der Waals surface area contributed by atoms with Crippen molar-refractivity contribution in [2.45, 2.75) is 17.4 Å². The molecule has 3 nitrogen and oxygen atoms in total. The lowest BCUT2D eigenvalue weighted by Crippen LogP contribution is -2.50. The van der Waals surface area contributed by atoms with Gasteiger partial charge >= 0.3 is 0 Å². The van der Waals surface area contributed by atoms with Crippen LogP contribution in [0.25, 0.3) is 0 Å². The number of benzene rings is 1. The number of likely N-dealkylation sites (N-methyl/N-ethyl adjacent to an activating group) is 1. The predicted molar refractivity (Wildman–Crippen MR) is 78.6 cm³/mol. The van der Waals surface area contributed by atoms with Crippen LogP contribution in [0.3, 0.4) is 0 Å². The van der Waals surface area contributed by atoms with E-state index in [-0.39, 0.29) is 0 Å². The summed E-state index contributed by atoms with van der Waals surface area (Å²) in [6, 6.07) is 7.54. The second-order valence-corrected chi connectivity index (χ2v) is 6.29. The van der Waals surface area contributed by atoms with Crippen molar-refractivity contribution in [1.29, 1.82) is 0 Å². The van der Waals surface area contributed by atoms with Crippen LogP contribution < -0.4 is 10.6 Å². The van der Waals surface area contributed by atoms with Crippen molar-refractivity contribution < 1.29 is 0 Å². The molecule has 0 saturated carbocycles. The van der Waals surface area contributed by atoms with Crippen molar-refractivity contribution in [2.24, 2.45) is 0 Å². The van der Waals surface area contributed by atoms with Crippen molar-refractivity contribution in [1.82, 2.24) is 10.2 Å². The van der Waals surface area contributed by atoms with Crippen molar-refractivity contribution in [3.8, 4) is 0 Å². The van der Waals surface area contributed by atoms with E-state index in [1.807, 2.05) is 11.8 Å². The second kappa shape index (κ2) is 5.51. The van der Waals surface area contributed by atoms with Gasteiger partial charge in [-0.25, -0.2) is 0 Å². The molecule has 1 unspecified atom stereocenters. The number of hydrogen-bond acceptors (Lipinski definition) is 4. The predicted octanol–water partition coefficient (Wildman–Crippen LogP) is 1.65. The molecule has 0 amide bonds. The van der Waals surface area contributed by atoms with Crippen LogP contribution in [0.15, 0.2) is 23.1 Å². The van der Waals surface area contributed by atoms with Crippen LogP contribution in [0.4, 0.5) is 5.69 Å². The maximum Gasteiger partial charge on any atom is 0.0481 e. The van der Waals surface area contributed by atoms with Crippen molar-refractivity contribution in [2.75, 3.05) is 44.3 Å². The van der Waals surface area contributed by atoms with Gasteiger partial charge in [-0.2, -0.15) is 0 Å². The summed E-state index contributed by atoms with van der Waals surface area (Å²) in [7, 11) is 2.23. The summed E-state index contributed by atoms with van der Waals surface area (Å²) in [6.07, 6.45) is 1.14. The SMILES string of the molecule is CN1CCNCC1Cc1ccc2c(c1)NCCS2. The fourth-order valence-electron chi connectivity index (χ4n) is 2.68. The van der Waals surface area contributed by atoms with Crippen LogP contribution >= 0.6 is 11.8 Å². The molecule has 2 N–H and O–H groups in total. The minimum Gasteiger partial charge on any atom is -0.383 e. The molecule has 18 heavy (non-hydrogen) atoms. The molecule has 1 aromatic rings. The number of thioether (sulfide) groups is 1. The number of anilines is 1. The quantitative estimate of drug-likeness (QED) is 0.848. The zero-order valence-corrected chi connectivity index (χ0v) is 11.7. The van der Waals surface area contributed by atoms with Gasteiger partial charge in [0.25, 0.3) is 0 Å². The molecule has 0 radical (unpaired) electrons. The van der Waals surface area contributed by atoms with Gasteiger partial charge < -0.3 is 15.5 Å². The first kappa shape index (κ1) is 12.3. The van der Waals surface area contributed by atoms with Crippen molar-refractivity contribution >= 4 is 17.4 Å². The molecule has 1 atom stereocenters. The monoisotopic (exact) mass is 263 g/mol. The second-order valence-electron chi connectivity index (χ2n) is 5.15. The Balaban J connectivity index is 1.72.